The van der Waals surface area contributed by atoms with Crippen LogP contribution in [0.2, 0.25) is 10.0 Å². The first-order valence-corrected chi connectivity index (χ1v) is 8.80. The summed E-state index contributed by atoms with van der Waals surface area (Å²) >= 11 is 11.9. The molecule has 1 heterocycles. The number of carbonyl (C=O) groups is 1. The van der Waals surface area contributed by atoms with Crippen molar-refractivity contribution in [1.82, 2.24) is 10.6 Å². The first-order chi connectivity index (χ1) is 11.4. The summed E-state index contributed by atoms with van der Waals surface area (Å²) in [5.74, 6) is 0.309. The van der Waals surface area contributed by atoms with E-state index in [1.165, 1.54) is 0 Å². The predicted molar refractivity (Wildman–Crippen MR) is 103 cm³/mol. The van der Waals surface area contributed by atoms with Gasteiger partial charge in [0, 0.05) is 29.1 Å². The number of hydrogen-bond donors (Lipinski definition) is 2. The van der Waals surface area contributed by atoms with Crippen LogP contribution in [-0.4, -0.2) is 45.4 Å². The fourth-order valence-electron chi connectivity index (χ4n) is 2.91. The third-order valence-corrected chi connectivity index (χ3v) is 4.71. The Kier molecular flexibility index (Phi) is 9.32. The highest BCUT2D eigenvalue weighted by atomic mass is 35.5. The van der Waals surface area contributed by atoms with E-state index in [4.69, 9.17) is 32.7 Å². The van der Waals surface area contributed by atoms with Gasteiger partial charge in [-0.2, -0.15) is 0 Å². The number of piperidine rings is 1. The Morgan fingerprint density at radius 3 is 2.44 bits per heavy atom. The molecule has 25 heavy (non-hydrogen) atoms. The van der Waals surface area contributed by atoms with E-state index in [1.54, 1.807) is 32.2 Å². The maximum absolute atomic E-state index is 12.3. The number of benzene rings is 1. The molecule has 2 N–H and O–H groups in total. The molecule has 1 amide bonds. The van der Waals surface area contributed by atoms with Crippen LogP contribution >= 0.6 is 35.6 Å². The van der Waals surface area contributed by atoms with Crippen molar-refractivity contribution in [3.05, 3.63) is 28.2 Å². The molecular formula is C17H25Cl3N2O3. The number of halogens is 3. The molecule has 2 rings (SSSR count). The molecule has 0 spiro atoms. The molecule has 1 aliphatic rings. The second-order valence-corrected chi connectivity index (χ2v) is 7.14. The minimum Gasteiger partial charge on any atom is -0.481 e. The Hall–Kier alpha value is -0.720. The lowest BCUT2D eigenvalue weighted by Crippen LogP contribution is -2.49. The molecular weight excluding hydrogens is 387 g/mol. The van der Waals surface area contributed by atoms with E-state index in [-0.39, 0.29) is 23.7 Å². The zero-order chi connectivity index (χ0) is 17.6. The lowest BCUT2D eigenvalue weighted by molar-refractivity contribution is -0.128. The molecule has 0 aliphatic carbocycles. The SMILES string of the molecule is COCC1(CNC(=O)C(C)Oc2cc(Cl)cc(Cl)c2)CCNCC1.Cl. The summed E-state index contributed by atoms with van der Waals surface area (Å²) in [5.41, 5.74) is -0.0191. The third kappa shape index (κ3) is 6.83. The van der Waals surface area contributed by atoms with Crippen LogP contribution < -0.4 is 15.4 Å². The highest BCUT2D eigenvalue weighted by molar-refractivity contribution is 6.34. The molecule has 1 saturated heterocycles. The Balaban J connectivity index is 0.00000312. The summed E-state index contributed by atoms with van der Waals surface area (Å²) in [6.45, 7) is 4.79. The monoisotopic (exact) mass is 410 g/mol. The van der Waals surface area contributed by atoms with Crippen LogP contribution in [0.1, 0.15) is 19.8 Å². The van der Waals surface area contributed by atoms with Gasteiger partial charge in [0.25, 0.3) is 5.91 Å². The minimum absolute atomic E-state index is 0. The van der Waals surface area contributed by atoms with E-state index in [2.05, 4.69) is 10.6 Å². The average molecular weight is 412 g/mol. The zero-order valence-corrected chi connectivity index (χ0v) is 16.8. The average Bonchev–Trinajstić information content (AvgIpc) is 2.53. The molecule has 1 aromatic rings. The molecule has 0 saturated carbocycles. The highest BCUT2D eigenvalue weighted by Crippen LogP contribution is 2.28. The van der Waals surface area contributed by atoms with Crippen molar-refractivity contribution in [2.45, 2.75) is 25.9 Å². The van der Waals surface area contributed by atoms with E-state index in [0.29, 0.717) is 28.9 Å². The molecule has 0 bridgehead atoms. The molecule has 0 aromatic heterocycles. The van der Waals surface area contributed by atoms with Gasteiger partial charge in [0.05, 0.1) is 6.61 Å². The first-order valence-electron chi connectivity index (χ1n) is 8.04. The molecule has 8 heteroatoms. The van der Waals surface area contributed by atoms with Crippen molar-refractivity contribution < 1.29 is 14.3 Å². The highest BCUT2D eigenvalue weighted by Gasteiger charge is 2.33. The fraction of sp³-hybridized carbons (Fsp3) is 0.588. The van der Waals surface area contributed by atoms with E-state index in [9.17, 15) is 4.79 Å². The van der Waals surface area contributed by atoms with Gasteiger partial charge < -0.3 is 20.1 Å². The first kappa shape index (κ1) is 22.3. The lowest BCUT2D eigenvalue weighted by atomic mass is 9.79. The molecule has 1 atom stereocenters. The zero-order valence-electron chi connectivity index (χ0n) is 14.4. The number of nitrogens with one attached hydrogen (secondary N) is 2. The number of methoxy groups -OCH3 is 1. The molecule has 1 unspecified atom stereocenters. The van der Waals surface area contributed by atoms with Crippen molar-refractivity contribution in [1.29, 1.82) is 0 Å². The summed E-state index contributed by atoms with van der Waals surface area (Å²) < 4.78 is 11.0. The minimum atomic E-state index is -0.638. The van der Waals surface area contributed by atoms with Crippen molar-refractivity contribution in [2.75, 3.05) is 33.4 Å². The van der Waals surface area contributed by atoms with Crippen molar-refractivity contribution in [3.63, 3.8) is 0 Å². The molecule has 1 aliphatic heterocycles. The number of amides is 1. The number of carbonyl (C=O) groups excluding carboxylic acids is 1. The van der Waals surface area contributed by atoms with E-state index >= 15 is 0 Å². The van der Waals surface area contributed by atoms with E-state index in [0.717, 1.165) is 25.9 Å². The number of hydrogen-bond acceptors (Lipinski definition) is 4. The van der Waals surface area contributed by atoms with Crippen LogP contribution in [-0.2, 0) is 9.53 Å². The number of ether oxygens (including phenoxy) is 2. The number of rotatable bonds is 7. The van der Waals surface area contributed by atoms with E-state index in [1.807, 2.05) is 0 Å². The summed E-state index contributed by atoms with van der Waals surface area (Å²) in [6, 6.07) is 4.89. The molecule has 5 nitrogen and oxygen atoms in total. The fourth-order valence-corrected chi connectivity index (χ4v) is 3.41. The van der Waals surface area contributed by atoms with Gasteiger partial charge in [-0.25, -0.2) is 0 Å². The summed E-state index contributed by atoms with van der Waals surface area (Å²) in [4.78, 5) is 12.3. The maximum Gasteiger partial charge on any atom is 0.260 e. The van der Waals surface area contributed by atoms with Gasteiger partial charge in [0.2, 0.25) is 0 Å². The van der Waals surface area contributed by atoms with Crippen molar-refractivity contribution >= 4 is 41.5 Å². The molecule has 1 fully saturated rings. The van der Waals surface area contributed by atoms with Crippen LogP contribution in [0.4, 0.5) is 0 Å². The van der Waals surface area contributed by atoms with Crippen LogP contribution in [0.5, 0.6) is 5.75 Å². The van der Waals surface area contributed by atoms with Crippen LogP contribution in [0.25, 0.3) is 0 Å². The third-order valence-electron chi connectivity index (χ3n) is 4.27. The maximum atomic E-state index is 12.3. The van der Waals surface area contributed by atoms with Gasteiger partial charge in [-0.15, -0.1) is 12.4 Å². The summed E-state index contributed by atoms with van der Waals surface area (Å²) in [7, 11) is 1.69. The summed E-state index contributed by atoms with van der Waals surface area (Å²) in [6.07, 6.45) is 1.31. The topological polar surface area (TPSA) is 59.6 Å². The Morgan fingerprint density at radius 2 is 1.88 bits per heavy atom. The van der Waals surface area contributed by atoms with Gasteiger partial charge >= 0.3 is 0 Å². The second-order valence-electron chi connectivity index (χ2n) is 6.27. The van der Waals surface area contributed by atoms with Crippen molar-refractivity contribution in [2.24, 2.45) is 5.41 Å². The second kappa shape index (κ2) is 10.4. The summed E-state index contributed by atoms with van der Waals surface area (Å²) in [5, 5.41) is 7.27. The van der Waals surface area contributed by atoms with Gasteiger partial charge in [-0.3, -0.25) is 4.79 Å². The standard InChI is InChI=1S/C17H24Cl2N2O3.ClH/c1-12(24-15-8-13(18)7-14(19)9-15)16(22)21-10-17(11-23-2)3-5-20-6-4-17;/h7-9,12,20H,3-6,10-11H2,1-2H3,(H,21,22);1H. The van der Waals surface area contributed by atoms with Crippen LogP contribution in [0.15, 0.2) is 18.2 Å². The predicted octanol–water partition coefficient (Wildman–Crippen LogP) is 3.31. The smallest absolute Gasteiger partial charge is 0.260 e. The van der Waals surface area contributed by atoms with E-state index < -0.39 is 6.10 Å². The largest absolute Gasteiger partial charge is 0.481 e. The molecule has 0 radical (unpaired) electrons. The van der Waals surface area contributed by atoms with Crippen LogP contribution in [0, 0.1) is 5.41 Å². The van der Waals surface area contributed by atoms with Crippen LogP contribution in [0.3, 0.4) is 0 Å². The molecule has 1 aromatic carbocycles. The van der Waals surface area contributed by atoms with Gasteiger partial charge in [-0.05, 0) is 51.1 Å². The Morgan fingerprint density at radius 1 is 1.28 bits per heavy atom. The quantitative estimate of drug-likeness (QED) is 0.722. The Bertz CT molecular complexity index is 540. The molecule has 142 valence electrons. The van der Waals surface area contributed by atoms with Gasteiger partial charge in [0.1, 0.15) is 5.75 Å². The van der Waals surface area contributed by atoms with Gasteiger partial charge in [0.15, 0.2) is 6.10 Å². The van der Waals surface area contributed by atoms with Gasteiger partial charge in [-0.1, -0.05) is 23.2 Å². The Labute approximate surface area is 165 Å². The lowest BCUT2D eigenvalue weighted by Gasteiger charge is -2.37. The van der Waals surface area contributed by atoms with Crippen molar-refractivity contribution in [3.8, 4) is 5.75 Å². The normalized spacial score (nSPS) is 17.3.